The molecule has 2 heterocycles. The molecule has 1 aliphatic heterocycles. The highest BCUT2D eigenvalue weighted by atomic mass is 16.5. The normalized spacial score (nSPS) is 17.2. The fraction of sp³-hybridized carbons (Fsp3) is 0.318. The first-order valence-electron chi connectivity index (χ1n) is 9.74. The highest BCUT2D eigenvalue weighted by Gasteiger charge is 2.31. The molecule has 0 saturated carbocycles. The first kappa shape index (κ1) is 18.2. The van der Waals surface area contributed by atoms with Gasteiger partial charge in [0, 0.05) is 17.8 Å². The molecule has 28 heavy (non-hydrogen) atoms. The van der Waals surface area contributed by atoms with Gasteiger partial charge in [-0.25, -0.2) is 4.79 Å². The molecule has 0 spiro atoms. The van der Waals surface area contributed by atoms with Crippen LogP contribution >= 0.6 is 0 Å². The molecule has 0 radical (unpaired) electrons. The lowest BCUT2D eigenvalue weighted by Gasteiger charge is -2.27. The maximum Gasteiger partial charge on any atom is 0.322 e. The Balaban J connectivity index is 1.57. The summed E-state index contributed by atoms with van der Waals surface area (Å²) in [5, 5.41) is 7.15. The SMILES string of the molecule is Cc1cccc(NC(=O)N2CCCCC[C@H]2c2nc(-c3ccccc3)no2)c1. The van der Waals surface area contributed by atoms with E-state index in [-0.39, 0.29) is 12.1 Å². The smallest absolute Gasteiger partial charge is 0.322 e. The summed E-state index contributed by atoms with van der Waals surface area (Å²) in [4.78, 5) is 19.4. The largest absolute Gasteiger partial charge is 0.337 e. The van der Waals surface area contributed by atoms with E-state index in [9.17, 15) is 4.79 Å². The Labute approximate surface area is 164 Å². The van der Waals surface area contributed by atoms with Crippen molar-refractivity contribution in [2.75, 3.05) is 11.9 Å². The average molecular weight is 376 g/mol. The van der Waals surface area contributed by atoms with Crippen molar-refractivity contribution < 1.29 is 9.32 Å². The van der Waals surface area contributed by atoms with E-state index < -0.39 is 0 Å². The van der Waals surface area contributed by atoms with Gasteiger partial charge in [0.05, 0.1) is 0 Å². The minimum atomic E-state index is -0.211. The van der Waals surface area contributed by atoms with Gasteiger partial charge < -0.3 is 14.7 Å². The average Bonchev–Trinajstić information content (AvgIpc) is 3.06. The van der Waals surface area contributed by atoms with Crippen molar-refractivity contribution in [3.63, 3.8) is 0 Å². The van der Waals surface area contributed by atoms with Crippen molar-refractivity contribution in [2.45, 2.75) is 38.6 Å². The molecular formula is C22H24N4O2. The lowest BCUT2D eigenvalue weighted by atomic mass is 10.1. The van der Waals surface area contributed by atoms with E-state index in [1.165, 1.54) is 0 Å². The minimum absolute atomic E-state index is 0.128. The molecule has 6 heteroatoms. The van der Waals surface area contributed by atoms with Crippen molar-refractivity contribution in [1.82, 2.24) is 15.0 Å². The number of urea groups is 1. The second kappa shape index (κ2) is 8.25. The van der Waals surface area contributed by atoms with Gasteiger partial charge in [-0.2, -0.15) is 4.98 Å². The molecule has 3 aromatic rings. The highest BCUT2D eigenvalue weighted by Crippen LogP contribution is 2.31. The predicted octanol–water partition coefficient (Wildman–Crippen LogP) is 5.19. The number of hydrogen-bond acceptors (Lipinski definition) is 4. The minimum Gasteiger partial charge on any atom is -0.337 e. The predicted molar refractivity (Wildman–Crippen MR) is 108 cm³/mol. The molecule has 1 atom stereocenters. The number of aryl methyl sites for hydroxylation is 1. The van der Waals surface area contributed by atoms with E-state index in [0.29, 0.717) is 18.3 Å². The maximum atomic E-state index is 13.0. The van der Waals surface area contributed by atoms with Gasteiger partial charge in [-0.1, -0.05) is 60.5 Å². The molecule has 0 unspecified atom stereocenters. The van der Waals surface area contributed by atoms with Crippen LogP contribution in [0.4, 0.5) is 10.5 Å². The van der Waals surface area contributed by atoms with Crippen molar-refractivity contribution in [2.24, 2.45) is 0 Å². The van der Waals surface area contributed by atoms with Gasteiger partial charge >= 0.3 is 6.03 Å². The van der Waals surface area contributed by atoms with Gasteiger partial charge in [-0.3, -0.25) is 0 Å². The summed E-state index contributed by atoms with van der Waals surface area (Å²) in [6, 6.07) is 17.2. The number of nitrogens with one attached hydrogen (secondary N) is 1. The third-order valence-corrected chi connectivity index (χ3v) is 5.04. The Morgan fingerprint density at radius 1 is 1.11 bits per heavy atom. The van der Waals surface area contributed by atoms with Gasteiger partial charge in [0.2, 0.25) is 11.7 Å². The molecule has 0 bridgehead atoms. The zero-order valence-electron chi connectivity index (χ0n) is 16.0. The summed E-state index contributed by atoms with van der Waals surface area (Å²) in [7, 11) is 0. The standard InChI is InChI=1S/C22H24N4O2/c1-16-9-8-12-18(15-16)23-22(27)26-14-7-3-6-13-19(26)21-24-20(25-28-21)17-10-4-2-5-11-17/h2,4-5,8-12,15,19H,3,6-7,13-14H2,1H3,(H,23,27)/t19-/m0/s1. The molecule has 2 aromatic carbocycles. The number of likely N-dealkylation sites (tertiary alicyclic amines) is 1. The Kier molecular flexibility index (Phi) is 5.37. The highest BCUT2D eigenvalue weighted by molar-refractivity contribution is 5.89. The van der Waals surface area contributed by atoms with Gasteiger partial charge in [0.25, 0.3) is 0 Å². The van der Waals surface area contributed by atoms with Gasteiger partial charge in [-0.05, 0) is 37.5 Å². The quantitative estimate of drug-likeness (QED) is 0.682. The van der Waals surface area contributed by atoms with Crippen LogP contribution in [0.15, 0.2) is 59.1 Å². The van der Waals surface area contributed by atoms with Gasteiger partial charge in [0.15, 0.2) is 0 Å². The Morgan fingerprint density at radius 3 is 2.79 bits per heavy atom. The summed E-state index contributed by atoms with van der Waals surface area (Å²) in [5.41, 5.74) is 2.81. The number of benzene rings is 2. The molecule has 144 valence electrons. The summed E-state index contributed by atoms with van der Waals surface area (Å²) < 4.78 is 5.58. The molecule has 1 saturated heterocycles. The maximum absolute atomic E-state index is 13.0. The molecule has 1 aromatic heterocycles. The number of hydrogen-bond donors (Lipinski definition) is 1. The lowest BCUT2D eigenvalue weighted by molar-refractivity contribution is 0.171. The van der Waals surface area contributed by atoms with E-state index in [4.69, 9.17) is 4.52 Å². The summed E-state index contributed by atoms with van der Waals surface area (Å²) >= 11 is 0. The summed E-state index contributed by atoms with van der Waals surface area (Å²) in [6.45, 7) is 2.68. The topological polar surface area (TPSA) is 71.3 Å². The summed E-state index contributed by atoms with van der Waals surface area (Å²) in [6.07, 6.45) is 3.90. The number of amides is 2. The molecule has 6 nitrogen and oxygen atoms in total. The molecule has 2 amide bonds. The second-order valence-corrected chi connectivity index (χ2v) is 7.18. The number of rotatable bonds is 3. The van der Waals surface area contributed by atoms with Gasteiger partial charge in [0.1, 0.15) is 6.04 Å². The fourth-order valence-corrected chi connectivity index (χ4v) is 3.60. The fourth-order valence-electron chi connectivity index (χ4n) is 3.60. The number of carbonyl (C=O) groups excluding carboxylic acids is 1. The van der Waals surface area contributed by atoms with E-state index >= 15 is 0 Å². The van der Waals surface area contributed by atoms with Crippen molar-refractivity contribution >= 4 is 11.7 Å². The number of carbonyl (C=O) groups is 1. The molecule has 0 aliphatic carbocycles. The monoisotopic (exact) mass is 376 g/mol. The van der Waals surface area contributed by atoms with Crippen LogP contribution in [0.3, 0.4) is 0 Å². The third kappa shape index (κ3) is 4.06. The van der Waals surface area contributed by atoms with Crippen LogP contribution in [-0.2, 0) is 0 Å². The Hall–Kier alpha value is -3.15. The first-order valence-corrected chi connectivity index (χ1v) is 9.74. The molecular weight excluding hydrogens is 352 g/mol. The number of aromatic nitrogens is 2. The van der Waals surface area contributed by atoms with Crippen molar-refractivity contribution in [3.8, 4) is 11.4 Å². The zero-order valence-corrected chi connectivity index (χ0v) is 16.0. The number of nitrogens with zero attached hydrogens (tertiary/aromatic N) is 3. The van der Waals surface area contributed by atoms with Crippen LogP contribution in [0.2, 0.25) is 0 Å². The van der Waals surface area contributed by atoms with Crippen LogP contribution in [-0.4, -0.2) is 27.6 Å². The zero-order chi connectivity index (χ0) is 19.3. The van der Waals surface area contributed by atoms with Crippen LogP contribution < -0.4 is 5.32 Å². The van der Waals surface area contributed by atoms with Crippen LogP contribution in [0.1, 0.15) is 43.2 Å². The number of anilines is 1. The van der Waals surface area contributed by atoms with Crippen LogP contribution in [0, 0.1) is 6.92 Å². The molecule has 1 N–H and O–H groups in total. The van der Waals surface area contributed by atoms with Crippen molar-refractivity contribution in [1.29, 1.82) is 0 Å². The Bertz CT molecular complexity index is 938. The van der Waals surface area contributed by atoms with E-state index in [2.05, 4.69) is 15.5 Å². The third-order valence-electron chi connectivity index (χ3n) is 5.04. The molecule has 4 rings (SSSR count). The van der Waals surface area contributed by atoms with E-state index in [1.807, 2.05) is 66.4 Å². The van der Waals surface area contributed by atoms with Crippen molar-refractivity contribution in [3.05, 3.63) is 66.1 Å². The van der Waals surface area contributed by atoms with E-state index in [0.717, 1.165) is 42.5 Å². The molecule has 1 aliphatic rings. The van der Waals surface area contributed by atoms with Crippen LogP contribution in [0.25, 0.3) is 11.4 Å². The van der Waals surface area contributed by atoms with Gasteiger partial charge in [-0.15, -0.1) is 0 Å². The Morgan fingerprint density at radius 2 is 1.96 bits per heavy atom. The van der Waals surface area contributed by atoms with E-state index in [1.54, 1.807) is 0 Å². The summed E-state index contributed by atoms with van der Waals surface area (Å²) in [5.74, 6) is 1.05. The van der Waals surface area contributed by atoms with Crippen LogP contribution in [0.5, 0.6) is 0 Å². The molecule has 1 fully saturated rings. The lowest BCUT2D eigenvalue weighted by Crippen LogP contribution is -2.38. The first-order chi connectivity index (χ1) is 13.7. The second-order valence-electron chi connectivity index (χ2n) is 7.18.